The summed E-state index contributed by atoms with van der Waals surface area (Å²) in [5.74, 6) is 0. The standard InChI is InChI=1S/C53H45N3O2Si/c1-52(2)39-16-8-12-20-45(39)54(46-21-13-9-17-40(46)52)32-24-26-43-35(28-32)50(57)37-30-34(59(5,6)7)31-38-49(37)56(43)44-27-25-33(29-36(44)51(38)58)55-47-22-14-10-18-41(47)53(3,4)42-19-11-15-23-48(42)55/h8-31H,1-7H3. The maximum Gasteiger partial charge on any atom is 0.197 e. The lowest BCUT2D eigenvalue weighted by Gasteiger charge is -2.42. The molecule has 2 aliphatic heterocycles. The van der Waals surface area contributed by atoms with Gasteiger partial charge in [0.05, 0.1) is 47.4 Å². The first-order valence-electron chi connectivity index (χ1n) is 20.6. The lowest BCUT2D eigenvalue weighted by molar-refractivity contribution is 0.632. The minimum absolute atomic E-state index is 0.0506. The third kappa shape index (κ3) is 4.84. The lowest BCUT2D eigenvalue weighted by atomic mass is 9.73. The first kappa shape index (κ1) is 35.6. The molecule has 0 aliphatic carbocycles. The molecule has 0 saturated carbocycles. The van der Waals surface area contributed by atoms with Gasteiger partial charge in [-0.3, -0.25) is 9.59 Å². The Labute approximate surface area is 344 Å². The first-order valence-corrected chi connectivity index (χ1v) is 24.1. The summed E-state index contributed by atoms with van der Waals surface area (Å²) in [4.78, 5) is 34.8. The van der Waals surface area contributed by atoms with Crippen LogP contribution in [0.1, 0.15) is 49.9 Å². The summed E-state index contributed by atoms with van der Waals surface area (Å²) in [5, 5.41) is 3.52. The number of nitrogens with zero attached hydrogens (tertiary/aromatic N) is 3. The zero-order valence-electron chi connectivity index (χ0n) is 34.5. The first-order chi connectivity index (χ1) is 28.3. The molecular formula is C53H45N3O2Si. The van der Waals surface area contributed by atoms with Crippen molar-refractivity contribution in [3.05, 3.63) is 188 Å². The molecule has 7 aromatic carbocycles. The predicted molar refractivity (Wildman–Crippen MR) is 250 cm³/mol. The number of rotatable bonds is 3. The van der Waals surface area contributed by atoms with Gasteiger partial charge in [-0.05, 0) is 95.1 Å². The van der Waals surface area contributed by atoms with Gasteiger partial charge in [0.25, 0.3) is 0 Å². The van der Waals surface area contributed by atoms with Crippen LogP contribution in [0.25, 0.3) is 38.1 Å². The van der Waals surface area contributed by atoms with Crippen LogP contribution in [0, 0.1) is 0 Å². The van der Waals surface area contributed by atoms with E-state index in [2.05, 4.69) is 207 Å². The maximum absolute atomic E-state index is 15.1. The number of fused-ring (bicyclic) bond motifs is 8. The molecule has 0 amide bonds. The second kappa shape index (κ2) is 12.0. The van der Waals surface area contributed by atoms with Crippen molar-refractivity contribution >= 4 is 85.5 Å². The molecule has 0 N–H and O–H groups in total. The normalized spacial score (nSPS) is 15.4. The summed E-state index contributed by atoms with van der Waals surface area (Å²) >= 11 is 0. The Morgan fingerprint density at radius 3 is 1.10 bits per heavy atom. The maximum atomic E-state index is 15.1. The predicted octanol–water partition coefficient (Wildman–Crippen LogP) is 12.3. The van der Waals surface area contributed by atoms with Crippen LogP contribution < -0.4 is 25.8 Å². The average molecular weight is 784 g/mol. The van der Waals surface area contributed by atoms with E-state index in [0.29, 0.717) is 27.1 Å². The summed E-state index contributed by atoms with van der Waals surface area (Å²) in [6.07, 6.45) is 0. The Hall–Kier alpha value is -6.50. The average Bonchev–Trinajstić information content (AvgIpc) is 3.23. The summed E-state index contributed by atoms with van der Waals surface area (Å²) in [6.45, 7) is 16.0. The minimum atomic E-state index is -1.98. The van der Waals surface area contributed by atoms with E-state index in [1.807, 2.05) is 0 Å². The Kier molecular flexibility index (Phi) is 7.26. The largest absolute Gasteiger partial charge is 0.310 e. The van der Waals surface area contributed by atoms with Crippen LogP contribution in [0.2, 0.25) is 19.6 Å². The molecule has 2 aliphatic rings. The van der Waals surface area contributed by atoms with Crippen molar-refractivity contribution in [3.63, 3.8) is 0 Å². The number of pyridine rings is 2. The smallest absolute Gasteiger partial charge is 0.197 e. The molecule has 9 aromatic rings. The van der Waals surface area contributed by atoms with Crippen LogP contribution in [0.4, 0.5) is 34.1 Å². The van der Waals surface area contributed by atoms with Crippen molar-refractivity contribution in [2.75, 3.05) is 9.80 Å². The molecule has 0 bridgehead atoms. The van der Waals surface area contributed by atoms with Gasteiger partial charge in [-0.25, -0.2) is 0 Å². The number of anilines is 6. The molecule has 288 valence electrons. The summed E-state index contributed by atoms with van der Waals surface area (Å²) in [7, 11) is -1.98. The molecule has 0 atom stereocenters. The molecule has 2 aromatic heterocycles. The minimum Gasteiger partial charge on any atom is -0.310 e. The van der Waals surface area contributed by atoms with E-state index in [0.717, 1.165) is 50.3 Å². The highest BCUT2D eigenvalue weighted by Gasteiger charge is 2.38. The molecule has 59 heavy (non-hydrogen) atoms. The van der Waals surface area contributed by atoms with Gasteiger partial charge in [0, 0.05) is 43.7 Å². The van der Waals surface area contributed by atoms with Gasteiger partial charge in [0.1, 0.15) is 0 Å². The van der Waals surface area contributed by atoms with Gasteiger partial charge in [-0.2, -0.15) is 0 Å². The quantitative estimate of drug-likeness (QED) is 0.102. The number of hydrogen-bond acceptors (Lipinski definition) is 4. The highest BCUT2D eigenvalue weighted by Crippen LogP contribution is 2.53. The summed E-state index contributed by atoms with van der Waals surface area (Å²) < 4.78 is 2.18. The van der Waals surface area contributed by atoms with Crippen LogP contribution in [0.3, 0.4) is 0 Å². The van der Waals surface area contributed by atoms with Crippen molar-refractivity contribution < 1.29 is 0 Å². The molecule has 6 heteroatoms. The van der Waals surface area contributed by atoms with E-state index >= 15 is 9.59 Å². The zero-order chi connectivity index (χ0) is 40.7. The number of hydrogen-bond donors (Lipinski definition) is 0. The van der Waals surface area contributed by atoms with Gasteiger partial charge in [0.15, 0.2) is 10.9 Å². The molecule has 4 heterocycles. The van der Waals surface area contributed by atoms with Crippen LogP contribution in [-0.4, -0.2) is 12.5 Å². The Balaban J connectivity index is 1.22. The van der Waals surface area contributed by atoms with Crippen LogP contribution in [0.15, 0.2) is 155 Å². The summed E-state index contributed by atoms with van der Waals surface area (Å²) in [6, 6.07) is 51.1. The Bertz CT molecular complexity index is 3080. The molecule has 5 nitrogen and oxygen atoms in total. The molecule has 0 radical (unpaired) electrons. The summed E-state index contributed by atoms with van der Waals surface area (Å²) in [5.41, 5.74) is 13.0. The van der Waals surface area contributed by atoms with Crippen molar-refractivity contribution in [2.24, 2.45) is 0 Å². The molecule has 0 fully saturated rings. The second-order valence-electron chi connectivity index (χ2n) is 18.6. The van der Waals surface area contributed by atoms with Crippen LogP contribution in [-0.2, 0) is 10.8 Å². The molecule has 0 unspecified atom stereocenters. The fourth-order valence-corrected chi connectivity index (χ4v) is 11.4. The van der Waals surface area contributed by atoms with Crippen molar-refractivity contribution in [2.45, 2.75) is 58.2 Å². The van der Waals surface area contributed by atoms with E-state index in [9.17, 15) is 0 Å². The molecule has 0 saturated heterocycles. The number of benzene rings is 7. The molecule has 11 rings (SSSR count). The van der Waals surface area contributed by atoms with E-state index in [-0.39, 0.29) is 21.7 Å². The monoisotopic (exact) mass is 783 g/mol. The van der Waals surface area contributed by atoms with Gasteiger partial charge in [-0.1, -0.05) is 125 Å². The highest BCUT2D eigenvalue weighted by molar-refractivity contribution is 6.89. The van der Waals surface area contributed by atoms with Crippen molar-refractivity contribution in [3.8, 4) is 0 Å². The van der Waals surface area contributed by atoms with Gasteiger partial charge in [0.2, 0.25) is 0 Å². The Morgan fingerprint density at radius 2 is 0.763 bits per heavy atom. The SMILES string of the molecule is CC1(C)c2ccccc2N(c2ccc3c(c2)c(=O)c2cc([Si](C)(C)C)cc4c(=O)c5cc(N6c7ccccc7C(C)(C)c7ccccc76)ccc5n3c24)c2ccccc21. The fourth-order valence-electron chi connectivity index (χ4n) is 10.3. The number of para-hydroxylation sites is 4. The Morgan fingerprint density at radius 1 is 0.424 bits per heavy atom. The van der Waals surface area contributed by atoms with E-state index in [1.54, 1.807) is 0 Å². The molecular weight excluding hydrogens is 739 g/mol. The van der Waals surface area contributed by atoms with Gasteiger partial charge >= 0.3 is 0 Å². The van der Waals surface area contributed by atoms with Gasteiger partial charge < -0.3 is 14.2 Å². The highest BCUT2D eigenvalue weighted by atomic mass is 28.3. The third-order valence-electron chi connectivity index (χ3n) is 13.4. The van der Waals surface area contributed by atoms with Crippen molar-refractivity contribution in [1.82, 2.24) is 4.40 Å². The van der Waals surface area contributed by atoms with Crippen LogP contribution in [0.5, 0.6) is 0 Å². The van der Waals surface area contributed by atoms with E-state index < -0.39 is 8.07 Å². The van der Waals surface area contributed by atoms with Crippen molar-refractivity contribution in [1.29, 1.82) is 0 Å². The second-order valence-corrected chi connectivity index (χ2v) is 23.6. The fraction of sp³-hybridized carbons (Fsp3) is 0.170. The molecule has 0 spiro atoms. The van der Waals surface area contributed by atoms with Gasteiger partial charge in [-0.15, -0.1) is 0 Å². The lowest BCUT2D eigenvalue weighted by Crippen LogP contribution is -2.38. The van der Waals surface area contributed by atoms with E-state index in [1.165, 1.54) is 22.3 Å². The third-order valence-corrected chi connectivity index (χ3v) is 15.4. The van der Waals surface area contributed by atoms with E-state index in [4.69, 9.17) is 0 Å². The van der Waals surface area contributed by atoms with Crippen LogP contribution >= 0.6 is 0 Å². The topological polar surface area (TPSA) is 45.0 Å². The number of aromatic nitrogens is 1. The zero-order valence-corrected chi connectivity index (χ0v) is 35.5.